The van der Waals surface area contributed by atoms with Gasteiger partial charge in [0.2, 0.25) is 5.91 Å². The normalized spacial score (nSPS) is 16.4. The molecule has 1 aromatic carbocycles. The lowest BCUT2D eigenvalue weighted by atomic mass is 9.71. The van der Waals surface area contributed by atoms with Gasteiger partial charge in [0.15, 0.2) is 0 Å². The van der Waals surface area contributed by atoms with Crippen LogP contribution in [0.5, 0.6) is 11.5 Å². The molecular formula is C19H30N2O3. The minimum Gasteiger partial charge on any atom is -0.497 e. The summed E-state index contributed by atoms with van der Waals surface area (Å²) in [5.41, 5.74) is 5.97. The Kier molecular flexibility index (Phi) is 7.37. The van der Waals surface area contributed by atoms with Gasteiger partial charge in [-0.1, -0.05) is 25.3 Å². The molecule has 0 aliphatic heterocycles. The lowest BCUT2D eigenvalue weighted by Crippen LogP contribution is -2.39. The number of benzene rings is 1. The largest absolute Gasteiger partial charge is 0.497 e. The molecule has 5 heteroatoms. The summed E-state index contributed by atoms with van der Waals surface area (Å²) in [6, 6.07) is 7.53. The molecule has 0 radical (unpaired) electrons. The molecule has 0 saturated heterocycles. The van der Waals surface area contributed by atoms with Gasteiger partial charge in [0.05, 0.1) is 13.7 Å². The fraction of sp³-hybridized carbons (Fsp3) is 0.632. The zero-order chi connectivity index (χ0) is 17.3. The first-order valence-corrected chi connectivity index (χ1v) is 8.91. The van der Waals surface area contributed by atoms with E-state index in [0.717, 1.165) is 30.8 Å². The van der Waals surface area contributed by atoms with Gasteiger partial charge in [0.1, 0.15) is 11.5 Å². The molecule has 0 atom stereocenters. The Morgan fingerprint density at radius 3 is 2.71 bits per heavy atom. The van der Waals surface area contributed by atoms with Crippen molar-refractivity contribution < 1.29 is 14.3 Å². The van der Waals surface area contributed by atoms with E-state index in [9.17, 15) is 4.79 Å². The molecule has 0 bridgehead atoms. The summed E-state index contributed by atoms with van der Waals surface area (Å²) >= 11 is 0. The van der Waals surface area contributed by atoms with E-state index < -0.39 is 0 Å². The summed E-state index contributed by atoms with van der Waals surface area (Å²) in [5.74, 6) is 1.68. The highest BCUT2D eigenvalue weighted by Crippen LogP contribution is 2.38. The van der Waals surface area contributed by atoms with Crippen molar-refractivity contribution >= 4 is 5.91 Å². The predicted octanol–water partition coefficient (Wildman–Crippen LogP) is 2.88. The van der Waals surface area contributed by atoms with Crippen LogP contribution in [0, 0.1) is 5.41 Å². The molecule has 134 valence electrons. The maximum atomic E-state index is 12.2. The van der Waals surface area contributed by atoms with Crippen LogP contribution in [0.1, 0.15) is 44.9 Å². The van der Waals surface area contributed by atoms with Crippen molar-refractivity contribution in [3.05, 3.63) is 24.3 Å². The standard InChI is InChI=1S/C19H30N2O3/c1-23-16-7-5-8-17(13-16)24-12-6-11-21-18(22)14-19(15-20)9-3-2-4-10-19/h5,7-8,13H,2-4,6,9-12,14-15,20H2,1H3,(H,21,22). The van der Waals surface area contributed by atoms with Gasteiger partial charge in [-0.25, -0.2) is 0 Å². The average Bonchev–Trinajstić information content (AvgIpc) is 2.62. The van der Waals surface area contributed by atoms with Crippen molar-refractivity contribution in [1.29, 1.82) is 0 Å². The van der Waals surface area contributed by atoms with Crippen LogP contribution in [0.3, 0.4) is 0 Å². The third-order valence-electron chi connectivity index (χ3n) is 4.84. The van der Waals surface area contributed by atoms with E-state index in [1.807, 2.05) is 24.3 Å². The van der Waals surface area contributed by atoms with Crippen LogP contribution in [-0.4, -0.2) is 32.7 Å². The number of nitrogens with one attached hydrogen (secondary N) is 1. The van der Waals surface area contributed by atoms with E-state index in [0.29, 0.717) is 26.1 Å². The molecule has 0 spiro atoms. The fourth-order valence-corrected chi connectivity index (χ4v) is 3.34. The highest BCUT2D eigenvalue weighted by molar-refractivity contribution is 5.76. The highest BCUT2D eigenvalue weighted by atomic mass is 16.5. The molecule has 0 aromatic heterocycles. The Morgan fingerprint density at radius 1 is 1.25 bits per heavy atom. The number of nitrogens with two attached hydrogens (primary N) is 1. The van der Waals surface area contributed by atoms with Crippen LogP contribution in [0.25, 0.3) is 0 Å². The maximum Gasteiger partial charge on any atom is 0.220 e. The van der Waals surface area contributed by atoms with E-state index in [1.54, 1.807) is 7.11 Å². The van der Waals surface area contributed by atoms with Crippen LogP contribution in [0.15, 0.2) is 24.3 Å². The van der Waals surface area contributed by atoms with Gasteiger partial charge in [0, 0.05) is 19.0 Å². The molecule has 1 amide bonds. The number of hydrogen-bond acceptors (Lipinski definition) is 4. The minimum absolute atomic E-state index is 0.0272. The minimum atomic E-state index is 0.0272. The fourth-order valence-electron chi connectivity index (χ4n) is 3.34. The van der Waals surface area contributed by atoms with Crippen LogP contribution in [-0.2, 0) is 4.79 Å². The zero-order valence-corrected chi connectivity index (χ0v) is 14.7. The molecule has 1 aliphatic rings. The number of methoxy groups -OCH3 is 1. The van der Waals surface area contributed by atoms with E-state index in [2.05, 4.69) is 5.32 Å². The molecule has 5 nitrogen and oxygen atoms in total. The van der Waals surface area contributed by atoms with Gasteiger partial charge in [-0.2, -0.15) is 0 Å². The molecule has 1 aliphatic carbocycles. The second kappa shape index (κ2) is 9.52. The lowest BCUT2D eigenvalue weighted by molar-refractivity contribution is -0.123. The van der Waals surface area contributed by atoms with Crippen molar-refractivity contribution in [2.75, 3.05) is 26.8 Å². The summed E-state index contributed by atoms with van der Waals surface area (Å²) in [5, 5.41) is 3.00. The Hall–Kier alpha value is -1.75. The Balaban J connectivity index is 1.63. The van der Waals surface area contributed by atoms with Crippen LogP contribution in [0.4, 0.5) is 0 Å². The Labute approximate surface area is 144 Å². The van der Waals surface area contributed by atoms with Gasteiger partial charge in [-0.3, -0.25) is 4.79 Å². The maximum absolute atomic E-state index is 12.2. The Bertz CT molecular complexity index is 513. The summed E-state index contributed by atoms with van der Waals surface area (Å²) in [6.45, 7) is 1.80. The van der Waals surface area contributed by atoms with E-state index >= 15 is 0 Å². The van der Waals surface area contributed by atoms with Crippen molar-refractivity contribution in [2.45, 2.75) is 44.9 Å². The SMILES string of the molecule is COc1cccc(OCCCNC(=O)CC2(CN)CCCCC2)c1. The number of amides is 1. The number of carbonyl (C=O) groups is 1. The number of carbonyl (C=O) groups excluding carboxylic acids is 1. The van der Waals surface area contributed by atoms with Gasteiger partial charge >= 0.3 is 0 Å². The van der Waals surface area contributed by atoms with Gasteiger partial charge < -0.3 is 20.5 Å². The first-order chi connectivity index (χ1) is 11.7. The average molecular weight is 334 g/mol. The molecular weight excluding hydrogens is 304 g/mol. The molecule has 0 unspecified atom stereocenters. The van der Waals surface area contributed by atoms with E-state index in [4.69, 9.17) is 15.2 Å². The summed E-state index contributed by atoms with van der Waals surface area (Å²) in [4.78, 5) is 12.2. The molecule has 3 N–H and O–H groups in total. The number of hydrogen-bond donors (Lipinski definition) is 2. The van der Waals surface area contributed by atoms with Crippen LogP contribution < -0.4 is 20.5 Å². The van der Waals surface area contributed by atoms with Crippen LogP contribution >= 0.6 is 0 Å². The lowest BCUT2D eigenvalue weighted by Gasteiger charge is -2.35. The first kappa shape index (κ1) is 18.6. The zero-order valence-electron chi connectivity index (χ0n) is 14.7. The topological polar surface area (TPSA) is 73.6 Å². The van der Waals surface area contributed by atoms with Crippen molar-refractivity contribution in [1.82, 2.24) is 5.32 Å². The molecule has 2 rings (SSSR count). The predicted molar refractivity (Wildman–Crippen MR) is 95.3 cm³/mol. The second-order valence-corrected chi connectivity index (χ2v) is 6.67. The van der Waals surface area contributed by atoms with Crippen molar-refractivity contribution in [3.63, 3.8) is 0 Å². The second-order valence-electron chi connectivity index (χ2n) is 6.67. The van der Waals surface area contributed by atoms with Gasteiger partial charge in [0.25, 0.3) is 0 Å². The third-order valence-corrected chi connectivity index (χ3v) is 4.84. The monoisotopic (exact) mass is 334 g/mol. The Morgan fingerprint density at radius 2 is 2.00 bits per heavy atom. The molecule has 0 heterocycles. The summed E-state index contributed by atoms with van der Waals surface area (Å²) < 4.78 is 10.8. The van der Waals surface area contributed by atoms with Crippen molar-refractivity contribution in [3.8, 4) is 11.5 Å². The third kappa shape index (κ3) is 5.71. The molecule has 1 saturated carbocycles. The molecule has 24 heavy (non-hydrogen) atoms. The smallest absolute Gasteiger partial charge is 0.220 e. The highest BCUT2D eigenvalue weighted by Gasteiger charge is 2.32. The molecule has 1 fully saturated rings. The van der Waals surface area contributed by atoms with E-state index in [1.165, 1.54) is 19.3 Å². The number of rotatable bonds is 9. The molecule has 1 aromatic rings. The van der Waals surface area contributed by atoms with Gasteiger partial charge in [-0.15, -0.1) is 0 Å². The summed E-state index contributed by atoms with van der Waals surface area (Å²) in [7, 11) is 1.63. The number of ether oxygens (including phenoxy) is 2. The van der Waals surface area contributed by atoms with Crippen molar-refractivity contribution in [2.24, 2.45) is 11.1 Å². The van der Waals surface area contributed by atoms with Crippen LogP contribution in [0.2, 0.25) is 0 Å². The first-order valence-electron chi connectivity index (χ1n) is 8.91. The quantitative estimate of drug-likeness (QED) is 0.681. The summed E-state index contributed by atoms with van der Waals surface area (Å²) in [6.07, 6.45) is 7.15. The van der Waals surface area contributed by atoms with Gasteiger partial charge in [-0.05, 0) is 43.4 Å². The van der Waals surface area contributed by atoms with E-state index in [-0.39, 0.29) is 11.3 Å².